The monoisotopic (exact) mass is 206 g/mol. The Bertz CT molecular complexity index is 324. The van der Waals surface area contributed by atoms with Crippen LogP contribution in [0.4, 0.5) is 4.39 Å². The van der Waals surface area contributed by atoms with Crippen LogP contribution in [0, 0.1) is 18.7 Å². The molecule has 0 unspecified atom stereocenters. The largest absolute Gasteiger partial charge is 0.207 e. The second-order valence-electron chi connectivity index (χ2n) is 4.79. The number of aryl methyl sites for hydroxylation is 1. The molecule has 1 aromatic carbocycles. The maximum absolute atomic E-state index is 13.3. The summed E-state index contributed by atoms with van der Waals surface area (Å²) < 4.78 is 13.3. The van der Waals surface area contributed by atoms with Gasteiger partial charge in [-0.3, -0.25) is 0 Å². The average Bonchev–Trinajstić information content (AvgIpc) is 2.25. The quantitative estimate of drug-likeness (QED) is 0.678. The highest BCUT2D eigenvalue weighted by Gasteiger charge is 2.14. The lowest BCUT2D eigenvalue weighted by Gasteiger charge is -2.21. The Labute approximate surface area is 91.5 Å². The van der Waals surface area contributed by atoms with E-state index in [1.165, 1.54) is 37.7 Å². The van der Waals surface area contributed by atoms with Gasteiger partial charge in [-0.05, 0) is 36.5 Å². The third-order valence-corrected chi connectivity index (χ3v) is 3.49. The molecule has 1 heteroatoms. The van der Waals surface area contributed by atoms with E-state index in [0.717, 1.165) is 17.9 Å². The molecule has 1 aliphatic carbocycles. The maximum Gasteiger partial charge on any atom is 0.126 e. The third kappa shape index (κ3) is 2.80. The fourth-order valence-corrected chi connectivity index (χ4v) is 2.49. The van der Waals surface area contributed by atoms with Gasteiger partial charge in [0.25, 0.3) is 0 Å². The van der Waals surface area contributed by atoms with E-state index in [1.807, 2.05) is 13.0 Å². The Kier molecular flexibility index (Phi) is 3.40. The predicted octanol–water partition coefficient (Wildman–Crippen LogP) is 4.26. The highest BCUT2D eigenvalue weighted by Crippen LogP contribution is 2.27. The summed E-state index contributed by atoms with van der Waals surface area (Å²) in [6.07, 6.45) is 7.83. The summed E-state index contributed by atoms with van der Waals surface area (Å²) in [4.78, 5) is 0. The molecule has 1 aromatic rings. The van der Waals surface area contributed by atoms with Crippen LogP contribution in [0.1, 0.15) is 43.2 Å². The smallest absolute Gasteiger partial charge is 0.126 e. The van der Waals surface area contributed by atoms with Gasteiger partial charge >= 0.3 is 0 Å². The fourth-order valence-electron chi connectivity index (χ4n) is 2.49. The van der Waals surface area contributed by atoms with Crippen LogP contribution >= 0.6 is 0 Å². The van der Waals surface area contributed by atoms with E-state index in [9.17, 15) is 4.39 Å². The highest BCUT2D eigenvalue weighted by molar-refractivity contribution is 5.23. The van der Waals surface area contributed by atoms with Crippen LogP contribution in [0.15, 0.2) is 18.2 Å². The van der Waals surface area contributed by atoms with Gasteiger partial charge in [0, 0.05) is 0 Å². The van der Waals surface area contributed by atoms with E-state index in [1.54, 1.807) is 6.07 Å². The van der Waals surface area contributed by atoms with E-state index in [0.29, 0.717) is 0 Å². The molecule has 82 valence electrons. The predicted molar refractivity (Wildman–Crippen MR) is 61.4 cm³/mol. The number of hydrogen-bond donors (Lipinski definition) is 0. The lowest BCUT2D eigenvalue weighted by Crippen LogP contribution is -2.09. The van der Waals surface area contributed by atoms with Gasteiger partial charge in [-0.15, -0.1) is 0 Å². The van der Waals surface area contributed by atoms with Gasteiger partial charge < -0.3 is 0 Å². The Morgan fingerprint density at radius 3 is 2.60 bits per heavy atom. The topological polar surface area (TPSA) is 0 Å². The normalized spacial score (nSPS) is 18.0. The summed E-state index contributed by atoms with van der Waals surface area (Å²) in [5.74, 6) is 0.740. The van der Waals surface area contributed by atoms with E-state index in [4.69, 9.17) is 0 Å². The summed E-state index contributed by atoms with van der Waals surface area (Å²) in [5.41, 5.74) is 1.92. The van der Waals surface area contributed by atoms with Crippen molar-refractivity contribution in [1.82, 2.24) is 0 Å². The van der Waals surface area contributed by atoms with Gasteiger partial charge in [0.05, 0.1) is 0 Å². The van der Waals surface area contributed by atoms with Crippen molar-refractivity contribution >= 4 is 0 Å². The van der Waals surface area contributed by atoms with E-state index in [2.05, 4.69) is 6.07 Å². The molecule has 1 fully saturated rings. The van der Waals surface area contributed by atoms with E-state index < -0.39 is 0 Å². The second-order valence-corrected chi connectivity index (χ2v) is 4.79. The Balaban J connectivity index is 2.00. The van der Waals surface area contributed by atoms with E-state index >= 15 is 0 Å². The minimum absolute atomic E-state index is 0.0525. The molecule has 0 aliphatic heterocycles. The van der Waals surface area contributed by atoms with Crippen molar-refractivity contribution in [2.24, 2.45) is 5.92 Å². The van der Waals surface area contributed by atoms with Crippen LogP contribution in [0.25, 0.3) is 0 Å². The first-order valence-electron chi connectivity index (χ1n) is 6.01. The van der Waals surface area contributed by atoms with Gasteiger partial charge in [-0.25, -0.2) is 4.39 Å². The minimum atomic E-state index is -0.0525. The highest BCUT2D eigenvalue weighted by atomic mass is 19.1. The number of halogens is 1. The van der Waals surface area contributed by atoms with Crippen molar-refractivity contribution in [2.75, 3.05) is 0 Å². The van der Waals surface area contributed by atoms with Gasteiger partial charge in [0.1, 0.15) is 5.82 Å². The first-order valence-corrected chi connectivity index (χ1v) is 6.01. The maximum atomic E-state index is 13.3. The zero-order valence-corrected chi connectivity index (χ0v) is 9.43. The van der Waals surface area contributed by atoms with Crippen LogP contribution in [0.2, 0.25) is 0 Å². The van der Waals surface area contributed by atoms with Crippen LogP contribution in [-0.4, -0.2) is 0 Å². The zero-order valence-electron chi connectivity index (χ0n) is 9.43. The molecule has 0 bridgehead atoms. The summed E-state index contributed by atoms with van der Waals surface area (Å²) in [6.45, 7) is 1.82. The molecule has 0 saturated heterocycles. The molecular formula is C14H19F. The van der Waals surface area contributed by atoms with Crippen molar-refractivity contribution in [3.05, 3.63) is 35.1 Å². The molecule has 0 radical (unpaired) electrons. The number of hydrogen-bond acceptors (Lipinski definition) is 0. The summed E-state index contributed by atoms with van der Waals surface area (Å²) in [5, 5.41) is 0. The van der Waals surface area contributed by atoms with Gasteiger partial charge in [-0.2, -0.15) is 0 Å². The van der Waals surface area contributed by atoms with Crippen LogP contribution < -0.4 is 0 Å². The minimum Gasteiger partial charge on any atom is -0.207 e. The van der Waals surface area contributed by atoms with Crippen molar-refractivity contribution in [3.8, 4) is 0 Å². The molecule has 0 nitrogen and oxygen atoms in total. The van der Waals surface area contributed by atoms with Crippen molar-refractivity contribution in [1.29, 1.82) is 0 Å². The first kappa shape index (κ1) is 10.7. The van der Waals surface area contributed by atoms with Crippen LogP contribution in [0.5, 0.6) is 0 Å². The van der Waals surface area contributed by atoms with Crippen LogP contribution in [-0.2, 0) is 6.42 Å². The lowest BCUT2D eigenvalue weighted by molar-refractivity contribution is 0.356. The molecule has 0 spiro atoms. The zero-order chi connectivity index (χ0) is 10.7. The summed E-state index contributed by atoms with van der Waals surface area (Å²) >= 11 is 0. The average molecular weight is 206 g/mol. The van der Waals surface area contributed by atoms with Crippen molar-refractivity contribution in [2.45, 2.75) is 45.4 Å². The molecule has 0 atom stereocenters. The lowest BCUT2D eigenvalue weighted by atomic mass is 9.85. The Morgan fingerprint density at radius 2 is 1.93 bits per heavy atom. The standard InChI is InChI=1S/C14H19F/c1-11-7-8-13(10-14(11)15)9-12-5-3-2-4-6-12/h7-8,10,12H,2-6,9H2,1H3. The molecule has 1 aliphatic rings. The number of rotatable bonds is 2. The Hall–Kier alpha value is -0.850. The van der Waals surface area contributed by atoms with Crippen molar-refractivity contribution in [3.63, 3.8) is 0 Å². The Morgan fingerprint density at radius 1 is 1.20 bits per heavy atom. The van der Waals surface area contributed by atoms with E-state index in [-0.39, 0.29) is 5.82 Å². The summed E-state index contributed by atoms with van der Waals surface area (Å²) in [6, 6.07) is 5.68. The molecule has 0 N–H and O–H groups in total. The third-order valence-electron chi connectivity index (χ3n) is 3.49. The molecule has 1 saturated carbocycles. The molecule has 15 heavy (non-hydrogen) atoms. The first-order chi connectivity index (χ1) is 7.25. The molecule has 0 aromatic heterocycles. The van der Waals surface area contributed by atoms with Crippen LogP contribution in [0.3, 0.4) is 0 Å². The van der Waals surface area contributed by atoms with Crippen molar-refractivity contribution < 1.29 is 4.39 Å². The SMILES string of the molecule is Cc1ccc(CC2CCCCC2)cc1F. The number of benzene rings is 1. The van der Waals surface area contributed by atoms with Gasteiger partial charge in [-0.1, -0.05) is 44.2 Å². The van der Waals surface area contributed by atoms with Gasteiger partial charge in [0.15, 0.2) is 0 Å². The molecule has 0 heterocycles. The second kappa shape index (κ2) is 4.78. The fraction of sp³-hybridized carbons (Fsp3) is 0.571. The van der Waals surface area contributed by atoms with Gasteiger partial charge in [0.2, 0.25) is 0 Å². The molecule has 0 amide bonds. The molecular weight excluding hydrogens is 187 g/mol. The molecule has 2 rings (SSSR count). The summed E-state index contributed by atoms with van der Waals surface area (Å²) in [7, 11) is 0.